The number of fused-ring (bicyclic) bond motifs is 10. The second-order valence-corrected chi connectivity index (χ2v) is 28.7. The Hall–Kier alpha value is -1.65. The number of hydrogen-bond donors (Lipinski definition) is 3. The van der Waals surface area contributed by atoms with Crippen molar-refractivity contribution < 1.29 is 81.7 Å². The summed E-state index contributed by atoms with van der Waals surface area (Å²) in [6.45, 7) is 17.9. The van der Waals surface area contributed by atoms with E-state index in [0.29, 0.717) is 38.5 Å². The van der Waals surface area contributed by atoms with Gasteiger partial charge in [-0.15, -0.1) is 0 Å². The summed E-state index contributed by atoms with van der Waals surface area (Å²) in [4.78, 5) is 14.6. The summed E-state index contributed by atoms with van der Waals surface area (Å²) in [6, 6.07) is 0. The molecular weight excluding hydrogens is 1020 g/mol. The molecule has 14 heterocycles. The molecule has 14 aliphatic heterocycles. The third-order valence-corrected chi connectivity index (χ3v) is 23.1. The average molecular weight is 1110 g/mol. The third kappa shape index (κ3) is 9.45. The molecule has 2 aliphatic carbocycles. The van der Waals surface area contributed by atoms with E-state index in [2.05, 4.69) is 40.9 Å². The minimum absolute atomic E-state index is 0.00546. The Kier molecular flexibility index (Phi) is 13.8. The predicted octanol–water partition coefficient (Wildman–Crippen LogP) is 6.46. The molecule has 16 fully saturated rings. The first-order valence-electron chi connectivity index (χ1n) is 31.5. The van der Waals surface area contributed by atoms with Crippen LogP contribution in [0.1, 0.15) is 156 Å². The maximum absolute atomic E-state index is 14.6. The third-order valence-electron chi connectivity index (χ3n) is 23.1. The first-order chi connectivity index (χ1) is 38.0. The average Bonchev–Trinajstić information content (AvgIpc) is 4.46. The van der Waals surface area contributed by atoms with E-state index < -0.39 is 48.7 Å². The zero-order valence-electron chi connectivity index (χ0n) is 47.1. The smallest absolute Gasteiger partial charge is 0.308 e. The van der Waals surface area contributed by atoms with Gasteiger partial charge in [0.1, 0.15) is 36.6 Å². The van der Waals surface area contributed by atoms with Crippen molar-refractivity contribution in [2.45, 2.75) is 308 Å². The maximum atomic E-state index is 14.6. The van der Waals surface area contributed by atoms with Crippen molar-refractivity contribution in [3.8, 4) is 0 Å². The number of carbonyl (C=O) groups excluding carboxylic acids is 1. The molecule has 2 unspecified atom stereocenters. The normalized spacial score (nSPS) is 57.2. The van der Waals surface area contributed by atoms with Gasteiger partial charge < -0.3 is 76.9 Å². The standard InChI is InChI=1S/C62H90O17/c1-28-13-38-7-9-42-29(2)14-40(67-42)11-12-61-26-49-56(78-61)57-58(73-49)59(79-61)55-43(70-57)10-8-39(69-55)19-50(66)74-54-33(6)53-35(15-34(54)16-44(68-38)32(28)5)17-46-48(72-53)25-62(76-46)24-36-23-60(21-30(3)51(36)77-62)22-31(4)52-47(75-60)20-45(71-52)41(65)18-37(64)27-63/h28,30-31,33-49,51-59,63-65H,2,5,7-27H2,1,3-4,6H3/t28-,30+,31+,33+,34+,35+,36+,37+,38+,39-,40+,41-,42?,43+,44?,45+,46-,47+,48-,49+,51+,52+,53+,54-,55+,56+,57+,58-,59+,60-,61+,62-/m1/s1. The Balaban J connectivity index is 0.655. The monoisotopic (exact) mass is 1110 g/mol. The van der Waals surface area contributed by atoms with E-state index in [1.54, 1.807) is 0 Å². The molecule has 16 aliphatic rings. The first-order valence-corrected chi connectivity index (χ1v) is 31.5. The Morgan fingerprint density at radius 1 is 0.532 bits per heavy atom. The summed E-state index contributed by atoms with van der Waals surface area (Å²) >= 11 is 0. The van der Waals surface area contributed by atoms with Gasteiger partial charge in [0, 0.05) is 44.4 Å². The van der Waals surface area contributed by atoms with E-state index >= 15 is 0 Å². The molecule has 17 nitrogen and oxygen atoms in total. The number of esters is 1. The summed E-state index contributed by atoms with van der Waals surface area (Å²) in [7, 11) is 0. The molecule has 14 saturated heterocycles. The lowest BCUT2D eigenvalue weighted by Crippen LogP contribution is -2.61. The van der Waals surface area contributed by atoms with Gasteiger partial charge in [-0.1, -0.05) is 40.9 Å². The molecule has 32 atom stereocenters. The lowest BCUT2D eigenvalue weighted by molar-refractivity contribution is -0.293. The van der Waals surface area contributed by atoms with Gasteiger partial charge >= 0.3 is 5.97 Å². The predicted molar refractivity (Wildman–Crippen MR) is 280 cm³/mol. The summed E-state index contributed by atoms with van der Waals surface area (Å²) in [5.74, 6) is -0.673. The number of carbonyl (C=O) groups is 1. The molecule has 0 amide bonds. The van der Waals surface area contributed by atoms with Crippen LogP contribution in [0.25, 0.3) is 0 Å². The van der Waals surface area contributed by atoms with Crippen LogP contribution in [0.5, 0.6) is 0 Å². The van der Waals surface area contributed by atoms with Gasteiger partial charge in [0.15, 0.2) is 11.6 Å². The molecule has 0 aromatic heterocycles. The van der Waals surface area contributed by atoms with Crippen LogP contribution in [0, 0.1) is 41.4 Å². The van der Waals surface area contributed by atoms with Crippen molar-refractivity contribution >= 4 is 5.97 Å². The van der Waals surface area contributed by atoms with E-state index in [4.69, 9.17) is 61.6 Å². The van der Waals surface area contributed by atoms with Gasteiger partial charge in [-0.3, -0.25) is 4.79 Å². The van der Waals surface area contributed by atoms with E-state index in [-0.39, 0.29) is 170 Å². The fraction of sp³-hybridized carbons (Fsp3) is 0.919. The molecule has 12 bridgehead atoms. The highest BCUT2D eigenvalue weighted by Crippen LogP contribution is 2.60. The second-order valence-electron chi connectivity index (χ2n) is 28.7. The Morgan fingerprint density at radius 3 is 2.10 bits per heavy atom. The molecular formula is C62H90O17. The topological polar surface area (TPSA) is 198 Å². The zero-order valence-corrected chi connectivity index (χ0v) is 47.1. The van der Waals surface area contributed by atoms with Crippen molar-refractivity contribution in [2.24, 2.45) is 41.4 Å². The summed E-state index contributed by atoms with van der Waals surface area (Å²) in [5.41, 5.74) is 1.94. The fourth-order valence-corrected chi connectivity index (χ4v) is 19.7. The second kappa shape index (κ2) is 20.2. The highest BCUT2D eigenvalue weighted by atomic mass is 16.8. The number of rotatable bonds is 4. The lowest BCUT2D eigenvalue weighted by atomic mass is 9.66. The Bertz CT molecular complexity index is 2340. The lowest BCUT2D eigenvalue weighted by Gasteiger charge is -2.51. The van der Waals surface area contributed by atoms with Gasteiger partial charge in [0.05, 0.1) is 116 Å². The Labute approximate surface area is 466 Å². The molecule has 440 valence electrons. The van der Waals surface area contributed by atoms with Crippen LogP contribution >= 0.6 is 0 Å². The molecule has 17 heteroatoms. The Morgan fingerprint density at radius 2 is 1.25 bits per heavy atom. The molecule has 79 heavy (non-hydrogen) atoms. The minimum Gasteiger partial charge on any atom is -0.462 e. The highest BCUT2D eigenvalue weighted by Gasteiger charge is 2.70. The van der Waals surface area contributed by atoms with Crippen LogP contribution in [0.3, 0.4) is 0 Å². The summed E-state index contributed by atoms with van der Waals surface area (Å²) in [6.07, 6.45) is 8.78. The fourth-order valence-electron chi connectivity index (χ4n) is 19.7. The van der Waals surface area contributed by atoms with Crippen LogP contribution in [0.4, 0.5) is 0 Å². The molecule has 0 aromatic rings. The van der Waals surface area contributed by atoms with Crippen LogP contribution in [0.15, 0.2) is 24.3 Å². The quantitative estimate of drug-likeness (QED) is 0.205. The van der Waals surface area contributed by atoms with Crippen molar-refractivity contribution in [3.05, 3.63) is 24.3 Å². The molecule has 0 aromatic carbocycles. The van der Waals surface area contributed by atoms with E-state index in [1.165, 1.54) is 0 Å². The summed E-state index contributed by atoms with van der Waals surface area (Å²) < 4.78 is 90.4. The van der Waals surface area contributed by atoms with E-state index in [0.717, 1.165) is 88.2 Å². The van der Waals surface area contributed by atoms with Crippen molar-refractivity contribution in [2.75, 3.05) is 6.61 Å². The number of aliphatic hydroxyl groups excluding tert-OH is 3. The van der Waals surface area contributed by atoms with Crippen LogP contribution in [-0.4, -0.2) is 179 Å². The molecule has 16 rings (SSSR count). The van der Waals surface area contributed by atoms with Crippen molar-refractivity contribution in [3.63, 3.8) is 0 Å². The number of aliphatic hydroxyl groups is 3. The van der Waals surface area contributed by atoms with Gasteiger partial charge in [-0.25, -0.2) is 0 Å². The van der Waals surface area contributed by atoms with Gasteiger partial charge in [-0.2, -0.15) is 0 Å². The maximum Gasteiger partial charge on any atom is 0.308 e. The highest BCUT2D eigenvalue weighted by molar-refractivity contribution is 5.70. The number of hydrogen-bond acceptors (Lipinski definition) is 17. The first kappa shape index (κ1) is 54.0. The van der Waals surface area contributed by atoms with Gasteiger partial charge in [-0.05, 0) is 130 Å². The van der Waals surface area contributed by atoms with Crippen LogP contribution < -0.4 is 0 Å². The van der Waals surface area contributed by atoms with Crippen molar-refractivity contribution in [1.29, 1.82) is 0 Å². The van der Waals surface area contributed by atoms with Crippen LogP contribution in [-0.2, 0) is 66.4 Å². The van der Waals surface area contributed by atoms with Crippen molar-refractivity contribution in [1.82, 2.24) is 0 Å². The molecule has 3 spiro atoms. The molecule has 0 radical (unpaired) electrons. The SMILES string of the molecule is C=C1C[C@@H]2CC[C@@]34C[C@@H]5O[C@@H]6[C@@H](O[C@H]7CC[C@H](CC(=O)O[C@H]8[C@H](CC9O[C@@H](CCC1O2)C[C@@H](C)C9=C)C[C@H]1C[C@H]2O[C@@]9(C[C@@H]%10C[C@@]%11(C[C@H](C)[C@@H]%10O9)C[C@H](C)[C@@H]9O[C@H]([C@H](O)C[C@H](O)CO)C[C@@H]9O%11)C[C@H]2O[C@H]1[C@@H]8C)O[C@@H]7[C@@H]6O3)[C@H]5O4. The van der Waals surface area contributed by atoms with E-state index in [9.17, 15) is 20.1 Å². The van der Waals surface area contributed by atoms with Gasteiger partial charge in [0.2, 0.25) is 0 Å². The zero-order chi connectivity index (χ0) is 54.0. The largest absolute Gasteiger partial charge is 0.462 e. The molecule has 3 N–H and O–H groups in total. The number of ether oxygens (including phenoxy) is 13. The molecule has 2 saturated carbocycles. The van der Waals surface area contributed by atoms with Gasteiger partial charge in [0.25, 0.3) is 0 Å². The van der Waals surface area contributed by atoms with Crippen LogP contribution in [0.2, 0.25) is 0 Å². The summed E-state index contributed by atoms with van der Waals surface area (Å²) in [5, 5.41) is 30.4. The van der Waals surface area contributed by atoms with E-state index in [1.807, 2.05) is 0 Å². The minimum atomic E-state index is -0.984.